The van der Waals surface area contributed by atoms with E-state index in [9.17, 15) is 9.90 Å². The molecule has 2 N–H and O–H groups in total. The van der Waals surface area contributed by atoms with Crippen molar-refractivity contribution in [1.29, 1.82) is 0 Å². The van der Waals surface area contributed by atoms with Crippen LogP contribution in [0.15, 0.2) is 9.27 Å². The summed E-state index contributed by atoms with van der Waals surface area (Å²) in [6.45, 7) is 1.42. The molecule has 1 aromatic rings. The smallest absolute Gasteiger partial charge is 0.269 e. The van der Waals surface area contributed by atoms with Gasteiger partial charge in [-0.1, -0.05) is 0 Å². The van der Waals surface area contributed by atoms with Crippen LogP contribution in [0.3, 0.4) is 0 Å². The van der Waals surface area contributed by atoms with Crippen LogP contribution < -0.4 is 5.56 Å². The van der Waals surface area contributed by atoms with Crippen molar-refractivity contribution in [2.45, 2.75) is 6.42 Å². The van der Waals surface area contributed by atoms with Crippen molar-refractivity contribution in [2.75, 3.05) is 26.9 Å². The SMILES string of the molecule is COCCOCCc1nc(O)c(Br)c(=O)[nH]1. The molecule has 0 aliphatic heterocycles. The van der Waals surface area contributed by atoms with Gasteiger partial charge in [-0.25, -0.2) is 0 Å². The van der Waals surface area contributed by atoms with Gasteiger partial charge in [-0.05, 0) is 15.9 Å². The van der Waals surface area contributed by atoms with Crippen molar-refractivity contribution in [1.82, 2.24) is 9.97 Å². The molecule has 16 heavy (non-hydrogen) atoms. The van der Waals surface area contributed by atoms with Crippen molar-refractivity contribution in [3.8, 4) is 5.88 Å². The number of hydrogen-bond acceptors (Lipinski definition) is 5. The van der Waals surface area contributed by atoms with Gasteiger partial charge in [0.15, 0.2) is 0 Å². The van der Waals surface area contributed by atoms with Gasteiger partial charge in [0.2, 0.25) is 5.88 Å². The highest BCUT2D eigenvalue weighted by molar-refractivity contribution is 9.10. The van der Waals surface area contributed by atoms with E-state index in [1.54, 1.807) is 7.11 Å². The summed E-state index contributed by atoms with van der Waals surface area (Å²) in [6.07, 6.45) is 0.430. The third-order valence-electron chi connectivity index (χ3n) is 1.81. The molecule has 0 aromatic carbocycles. The van der Waals surface area contributed by atoms with E-state index in [2.05, 4.69) is 25.9 Å². The molecule has 6 nitrogen and oxygen atoms in total. The minimum atomic E-state index is -0.403. The van der Waals surface area contributed by atoms with Crippen LogP contribution in [0.1, 0.15) is 5.82 Å². The van der Waals surface area contributed by atoms with E-state index < -0.39 is 5.56 Å². The van der Waals surface area contributed by atoms with E-state index in [0.29, 0.717) is 32.1 Å². The number of H-pyrrole nitrogens is 1. The molecule has 0 spiro atoms. The van der Waals surface area contributed by atoms with Gasteiger partial charge in [0.1, 0.15) is 10.3 Å². The van der Waals surface area contributed by atoms with Crippen LogP contribution >= 0.6 is 15.9 Å². The number of methoxy groups -OCH3 is 1. The Bertz CT molecular complexity index is 394. The number of aromatic nitrogens is 2. The maximum atomic E-state index is 11.2. The molecular formula is C9H13BrN2O4. The second kappa shape index (κ2) is 6.62. The van der Waals surface area contributed by atoms with Gasteiger partial charge >= 0.3 is 0 Å². The van der Waals surface area contributed by atoms with Gasteiger partial charge in [-0.2, -0.15) is 4.98 Å². The summed E-state index contributed by atoms with van der Waals surface area (Å²) < 4.78 is 10.0. The summed E-state index contributed by atoms with van der Waals surface area (Å²) >= 11 is 2.91. The number of rotatable bonds is 6. The number of halogens is 1. The normalized spacial score (nSPS) is 10.6. The Hall–Kier alpha value is -0.920. The molecule has 0 unspecified atom stereocenters. The first kappa shape index (κ1) is 13.1. The van der Waals surface area contributed by atoms with Crippen molar-refractivity contribution < 1.29 is 14.6 Å². The van der Waals surface area contributed by atoms with Gasteiger partial charge in [-0.3, -0.25) is 4.79 Å². The fraction of sp³-hybridized carbons (Fsp3) is 0.556. The highest BCUT2D eigenvalue weighted by Gasteiger charge is 2.06. The lowest BCUT2D eigenvalue weighted by Gasteiger charge is -2.04. The molecule has 0 atom stereocenters. The van der Waals surface area contributed by atoms with Crippen LogP contribution in [0.25, 0.3) is 0 Å². The molecule has 1 aromatic heterocycles. The van der Waals surface area contributed by atoms with Crippen LogP contribution in [-0.2, 0) is 15.9 Å². The summed E-state index contributed by atoms with van der Waals surface area (Å²) in [5.41, 5.74) is -0.403. The standard InChI is InChI=1S/C9H13BrN2O4/c1-15-4-5-16-3-2-6-11-8(13)7(10)9(14)12-6/h2-5H2,1H3,(H2,11,12,13,14). The zero-order valence-electron chi connectivity index (χ0n) is 8.83. The van der Waals surface area contributed by atoms with Gasteiger partial charge in [0, 0.05) is 13.5 Å². The third kappa shape index (κ3) is 3.92. The molecule has 1 rings (SSSR count). The maximum Gasteiger partial charge on any atom is 0.269 e. The number of nitrogens with zero attached hydrogens (tertiary/aromatic N) is 1. The Morgan fingerprint density at radius 2 is 2.19 bits per heavy atom. The molecule has 0 saturated heterocycles. The van der Waals surface area contributed by atoms with Crippen LogP contribution in [0.5, 0.6) is 5.88 Å². The Labute approximate surface area is 101 Å². The zero-order chi connectivity index (χ0) is 12.0. The van der Waals surface area contributed by atoms with E-state index in [4.69, 9.17) is 9.47 Å². The van der Waals surface area contributed by atoms with Crippen molar-refractivity contribution >= 4 is 15.9 Å². The molecular weight excluding hydrogens is 280 g/mol. The largest absolute Gasteiger partial charge is 0.492 e. The van der Waals surface area contributed by atoms with Crippen molar-refractivity contribution in [2.24, 2.45) is 0 Å². The summed E-state index contributed by atoms with van der Waals surface area (Å²) in [6, 6.07) is 0. The lowest BCUT2D eigenvalue weighted by Crippen LogP contribution is -2.14. The van der Waals surface area contributed by atoms with Gasteiger partial charge < -0.3 is 19.6 Å². The lowest BCUT2D eigenvalue weighted by atomic mass is 10.4. The minimum Gasteiger partial charge on any atom is -0.492 e. The average molecular weight is 293 g/mol. The average Bonchev–Trinajstić information content (AvgIpc) is 2.25. The maximum absolute atomic E-state index is 11.2. The molecule has 0 amide bonds. The highest BCUT2D eigenvalue weighted by atomic mass is 79.9. The molecule has 90 valence electrons. The number of aromatic amines is 1. The fourth-order valence-corrected chi connectivity index (χ4v) is 1.21. The first-order chi connectivity index (χ1) is 7.65. The quantitative estimate of drug-likeness (QED) is 0.744. The topological polar surface area (TPSA) is 84.4 Å². The van der Waals surface area contributed by atoms with Gasteiger partial charge in [0.05, 0.1) is 19.8 Å². The Balaban J connectivity index is 2.46. The Morgan fingerprint density at radius 1 is 1.44 bits per heavy atom. The second-order valence-electron chi connectivity index (χ2n) is 3.01. The van der Waals surface area contributed by atoms with E-state index in [-0.39, 0.29) is 10.4 Å². The number of aromatic hydroxyl groups is 1. The predicted molar refractivity (Wildman–Crippen MR) is 60.6 cm³/mol. The fourth-order valence-electron chi connectivity index (χ4n) is 1.02. The molecule has 0 fully saturated rings. The number of hydrogen-bond donors (Lipinski definition) is 2. The predicted octanol–water partition coefficient (Wildman–Crippen LogP) is 0.443. The summed E-state index contributed by atoms with van der Waals surface area (Å²) in [5.74, 6) is 0.0822. The van der Waals surface area contributed by atoms with Crippen molar-refractivity contribution in [3.63, 3.8) is 0 Å². The zero-order valence-corrected chi connectivity index (χ0v) is 10.4. The van der Waals surface area contributed by atoms with Crippen molar-refractivity contribution in [3.05, 3.63) is 20.7 Å². The number of ether oxygens (including phenoxy) is 2. The van der Waals surface area contributed by atoms with E-state index in [1.165, 1.54) is 0 Å². The molecule has 0 saturated carbocycles. The van der Waals surface area contributed by atoms with E-state index >= 15 is 0 Å². The van der Waals surface area contributed by atoms with Crippen LogP contribution in [0.2, 0.25) is 0 Å². The third-order valence-corrected chi connectivity index (χ3v) is 2.52. The second-order valence-corrected chi connectivity index (χ2v) is 3.80. The highest BCUT2D eigenvalue weighted by Crippen LogP contribution is 2.14. The number of nitrogens with one attached hydrogen (secondary N) is 1. The van der Waals surface area contributed by atoms with Crippen LogP contribution in [0.4, 0.5) is 0 Å². The lowest BCUT2D eigenvalue weighted by molar-refractivity contribution is 0.0715. The Morgan fingerprint density at radius 3 is 2.81 bits per heavy atom. The summed E-state index contributed by atoms with van der Waals surface area (Å²) in [5, 5.41) is 9.28. The summed E-state index contributed by atoms with van der Waals surface area (Å²) in [7, 11) is 1.59. The monoisotopic (exact) mass is 292 g/mol. The van der Waals surface area contributed by atoms with Crippen LogP contribution in [0, 0.1) is 0 Å². The Kier molecular flexibility index (Phi) is 5.44. The first-order valence-corrected chi connectivity index (χ1v) is 5.48. The van der Waals surface area contributed by atoms with E-state index in [1.807, 2.05) is 0 Å². The first-order valence-electron chi connectivity index (χ1n) is 4.69. The van der Waals surface area contributed by atoms with Crippen LogP contribution in [-0.4, -0.2) is 42.0 Å². The van der Waals surface area contributed by atoms with Gasteiger partial charge in [-0.15, -0.1) is 0 Å². The molecule has 7 heteroatoms. The molecule has 1 heterocycles. The van der Waals surface area contributed by atoms with E-state index in [0.717, 1.165) is 0 Å². The molecule has 0 aliphatic rings. The molecule has 0 radical (unpaired) electrons. The molecule has 0 aliphatic carbocycles. The summed E-state index contributed by atoms with van der Waals surface area (Å²) in [4.78, 5) is 17.5. The minimum absolute atomic E-state index is 0.0385. The molecule has 0 bridgehead atoms. The van der Waals surface area contributed by atoms with Gasteiger partial charge in [0.25, 0.3) is 5.56 Å².